The molecule has 0 amide bonds. The lowest BCUT2D eigenvalue weighted by Crippen LogP contribution is -2.17. The number of aromatic carboxylic acids is 1. The molecule has 0 atom stereocenters. The van der Waals surface area contributed by atoms with Gasteiger partial charge in [0.1, 0.15) is 0 Å². The van der Waals surface area contributed by atoms with E-state index >= 15 is 0 Å². The van der Waals surface area contributed by atoms with Crippen LogP contribution in [0, 0.1) is 6.92 Å². The van der Waals surface area contributed by atoms with E-state index in [1.165, 1.54) is 11.1 Å². The van der Waals surface area contributed by atoms with Gasteiger partial charge in [-0.3, -0.25) is 0 Å². The third-order valence-electron chi connectivity index (χ3n) is 3.11. The number of hydrogen-bond acceptors (Lipinski definition) is 2. The average molecular weight is 334 g/mol. The molecule has 0 aliphatic carbocycles. The van der Waals surface area contributed by atoms with Crippen molar-refractivity contribution >= 4 is 27.6 Å². The number of rotatable bonds is 4. The molecule has 0 saturated heterocycles. The van der Waals surface area contributed by atoms with E-state index < -0.39 is 5.97 Å². The monoisotopic (exact) mass is 333 g/mol. The topological polar surface area (TPSA) is 40.5 Å². The summed E-state index contributed by atoms with van der Waals surface area (Å²) < 4.78 is 0.785. The lowest BCUT2D eigenvalue weighted by atomic mass is 10.1. The van der Waals surface area contributed by atoms with Crippen LogP contribution in [-0.2, 0) is 6.54 Å². The predicted molar refractivity (Wildman–Crippen MR) is 84.4 cm³/mol. The molecule has 0 aliphatic rings. The lowest BCUT2D eigenvalue weighted by Gasteiger charge is -2.21. The van der Waals surface area contributed by atoms with Crippen molar-refractivity contribution in [2.75, 3.05) is 11.9 Å². The van der Waals surface area contributed by atoms with Crippen molar-refractivity contribution < 1.29 is 9.90 Å². The Morgan fingerprint density at radius 3 is 2.60 bits per heavy atom. The average Bonchev–Trinajstić information content (AvgIpc) is 2.38. The molecule has 2 aromatic rings. The summed E-state index contributed by atoms with van der Waals surface area (Å²) in [5, 5.41) is 8.97. The first-order valence-electron chi connectivity index (χ1n) is 6.27. The summed E-state index contributed by atoms with van der Waals surface area (Å²) in [5.41, 5.74) is 3.71. The van der Waals surface area contributed by atoms with Crippen molar-refractivity contribution in [1.29, 1.82) is 0 Å². The number of carboxylic acid groups (broad SMARTS) is 1. The summed E-state index contributed by atoms with van der Waals surface area (Å²) in [6.07, 6.45) is 0. The van der Waals surface area contributed by atoms with Crippen molar-refractivity contribution in [3.8, 4) is 0 Å². The van der Waals surface area contributed by atoms with Crippen LogP contribution < -0.4 is 4.90 Å². The first-order chi connectivity index (χ1) is 9.47. The molecule has 0 aromatic heterocycles. The molecule has 1 N–H and O–H groups in total. The van der Waals surface area contributed by atoms with Crippen molar-refractivity contribution in [3.05, 3.63) is 63.6 Å². The Bertz CT molecular complexity index is 640. The van der Waals surface area contributed by atoms with Crippen molar-refractivity contribution in [2.24, 2.45) is 0 Å². The van der Waals surface area contributed by atoms with Gasteiger partial charge in [-0.1, -0.05) is 29.8 Å². The SMILES string of the molecule is Cc1cccc(CN(C)c2ccc(C(=O)O)cc2Br)c1. The maximum Gasteiger partial charge on any atom is 0.335 e. The highest BCUT2D eigenvalue weighted by molar-refractivity contribution is 9.10. The van der Waals surface area contributed by atoms with E-state index in [0.29, 0.717) is 0 Å². The fourth-order valence-corrected chi connectivity index (χ4v) is 2.80. The summed E-state index contributed by atoms with van der Waals surface area (Å²) in [6, 6.07) is 13.4. The summed E-state index contributed by atoms with van der Waals surface area (Å²) in [6.45, 7) is 2.84. The van der Waals surface area contributed by atoms with Crippen LogP contribution in [0.5, 0.6) is 0 Å². The van der Waals surface area contributed by atoms with Gasteiger partial charge in [-0.05, 0) is 46.6 Å². The zero-order valence-electron chi connectivity index (χ0n) is 11.4. The maximum atomic E-state index is 10.9. The van der Waals surface area contributed by atoms with E-state index in [0.717, 1.165) is 16.7 Å². The van der Waals surface area contributed by atoms with Crippen molar-refractivity contribution in [2.45, 2.75) is 13.5 Å². The second kappa shape index (κ2) is 6.09. The number of aryl methyl sites for hydroxylation is 1. The smallest absolute Gasteiger partial charge is 0.335 e. The Morgan fingerprint density at radius 2 is 2.00 bits per heavy atom. The fourth-order valence-electron chi connectivity index (χ4n) is 2.12. The van der Waals surface area contributed by atoms with E-state index in [4.69, 9.17) is 5.11 Å². The van der Waals surface area contributed by atoms with Gasteiger partial charge in [0.2, 0.25) is 0 Å². The molecule has 0 bridgehead atoms. The summed E-state index contributed by atoms with van der Waals surface area (Å²) in [7, 11) is 1.99. The first kappa shape index (κ1) is 14.6. The molecule has 3 nitrogen and oxygen atoms in total. The Hall–Kier alpha value is -1.81. The van der Waals surface area contributed by atoms with Crippen LogP contribution in [0.4, 0.5) is 5.69 Å². The molecule has 0 unspecified atom stereocenters. The largest absolute Gasteiger partial charge is 0.478 e. The predicted octanol–water partition coefficient (Wildman–Crippen LogP) is 4.09. The van der Waals surface area contributed by atoms with Gasteiger partial charge in [0, 0.05) is 18.1 Å². The highest BCUT2D eigenvalue weighted by atomic mass is 79.9. The van der Waals surface area contributed by atoms with Crippen LogP contribution in [0.15, 0.2) is 46.9 Å². The number of benzene rings is 2. The van der Waals surface area contributed by atoms with Crippen LogP contribution in [-0.4, -0.2) is 18.1 Å². The normalized spacial score (nSPS) is 10.3. The molecule has 0 radical (unpaired) electrons. The highest BCUT2D eigenvalue weighted by Gasteiger charge is 2.10. The maximum absolute atomic E-state index is 10.9. The molecule has 0 fully saturated rings. The molecule has 0 heterocycles. The van der Waals surface area contributed by atoms with Crippen LogP contribution in [0.25, 0.3) is 0 Å². The number of nitrogens with zero attached hydrogens (tertiary/aromatic N) is 1. The van der Waals surface area contributed by atoms with E-state index in [-0.39, 0.29) is 5.56 Å². The molecule has 4 heteroatoms. The van der Waals surface area contributed by atoms with Crippen molar-refractivity contribution in [1.82, 2.24) is 0 Å². The van der Waals surface area contributed by atoms with Gasteiger partial charge >= 0.3 is 5.97 Å². The van der Waals surface area contributed by atoms with Crippen molar-refractivity contribution in [3.63, 3.8) is 0 Å². The zero-order chi connectivity index (χ0) is 14.7. The molecular formula is C16H16BrNO2. The first-order valence-corrected chi connectivity index (χ1v) is 7.06. The summed E-state index contributed by atoms with van der Waals surface area (Å²) >= 11 is 3.44. The van der Waals surface area contributed by atoms with Gasteiger partial charge in [0.05, 0.1) is 11.3 Å². The van der Waals surface area contributed by atoms with Gasteiger partial charge in [0.15, 0.2) is 0 Å². The second-order valence-electron chi connectivity index (χ2n) is 4.82. The standard InChI is InChI=1S/C16H16BrNO2/c1-11-4-3-5-12(8-11)10-18(2)15-7-6-13(16(19)20)9-14(15)17/h3-9H,10H2,1-2H3,(H,19,20). The molecule has 20 heavy (non-hydrogen) atoms. The molecule has 0 saturated carbocycles. The Kier molecular flexibility index (Phi) is 4.45. The highest BCUT2D eigenvalue weighted by Crippen LogP contribution is 2.27. The Morgan fingerprint density at radius 1 is 1.25 bits per heavy atom. The summed E-state index contributed by atoms with van der Waals surface area (Å²) in [5.74, 6) is -0.918. The Balaban J connectivity index is 2.21. The van der Waals surface area contributed by atoms with Crippen LogP contribution >= 0.6 is 15.9 Å². The van der Waals surface area contributed by atoms with Crippen LogP contribution in [0.2, 0.25) is 0 Å². The number of halogens is 1. The van der Waals surface area contributed by atoms with E-state index in [1.807, 2.05) is 19.2 Å². The molecule has 0 aliphatic heterocycles. The Labute approximate surface area is 127 Å². The van der Waals surface area contributed by atoms with E-state index in [2.05, 4.69) is 46.0 Å². The minimum Gasteiger partial charge on any atom is -0.478 e. The second-order valence-corrected chi connectivity index (χ2v) is 5.67. The minimum atomic E-state index is -0.918. The number of carbonyl (C=O) groups is 1. The molecular weight excluding hydrogens is 318 g/mol. The van der Waals surface area contributed by atoms with Crippen LogP contribution in [0.1, 0.15) is 21.5 Å². The van der Waals surface area contributed by atoms with Gasteiger partial charge in [0.25, 0.3) is 0 Å². The van der Waals surface area contributed by atoms with Gasteiger partial charge in [-0.2, -0.15) is 0 Å². The van der Waals surface area contributed by atoms with E-state index in [9.17, 15) is 4.79 Å². The molecule has 104 valence electrons. The molecule has 2 rings (SSSR count). The summed E-state index contributed by atoms with van der Waals surface area (Å²) in [4.78, 5) is 13.0. The molecule has 0 spiro atoms. The number of anilines is 1. The van der Waals surface area contributed by atoms with Crippen LogP contribution in [0.3, 0.4) is 0 Å². The zero-order valence-corrected chi connectivity index (χ0v) is 13.0. The van der Waals surface area contributed by atoms with E-state index in [1.54, 1.807) is 12.1 Å². The van der Waals surface area contributed by atoms with Gasteiger partial charge in [-0.15, -0.1) is 0 Å². The molecule has 2 aromatic carbocycles. The lowest BCUT2D eigenvalue weighted by molar-refractivity contribution is 0.0697. The number of hydrogen-bond donors (Lipinski definition) is 1. The number of carboxylic acids is 1. The van der Waals surface area contributed by atoms with Gasteiger partial charge in [-0.25, -0.2) is 4.79 Å². The minimum absolute atomic E-state index is 0.282. The quantitative estimate of drug-likeness (QED) is 0.915. The third-order valence-corrected chi connectivity index (χ3v) is 3.74. The third kappa shape index (κ3) is 3.39. The van der Waals surface area contributed by atoms with Gasteiger partial charge < -0.3 is 10.0 Å². The fraction of sp³-hybridized carbons (Fsp3) is 0.188.